The minimum Gasteiger partial charge on any atom is -0.497 e. The van der Waals surface area contributed by atoms with Gasteiger partial charge in [-0.2, -0.15) is 0 Å². The third kappa shape index (κ3) is 8.94. The van der Waals surface area contributed by atoms with Gasteiger partial charge in [0, 0.05) is 41.9 Å². The lowest BCUT2D eigenvalue weighted by Gasteiger charge is -2.18. The van der Waals surface area contributed by atoms with E-state index in [2.05, 4.69) is 5.32 Å². The van der Waals surface area contributed by atoms with Crippen LogP contribution in [-0.4, -0.2) is 91.3 Å². The number of ether oxygens (including phenoxy) is 4. The molecule has 282 valence electrons. The number of carbonyl (C=O) groups excluding carboxylic acids is 1. The Balaban J connectivity index is 1.62. The molecule has 0 aliphatic carbocycles. The highest BCUT2D eigenvalue weighted by molar-refractivity contribution is 6.00. The summed E-state index contributed by atoms with van der Waals surface area (Å²) in [6.07, 6.45) is 0. The van der Waals surface area contributed by atoms with Gasteiger partial charge in [-0.05, 0) is 73.0 Å². The molecule has 0 aliphatic heterocycles. The molecule has 0 unspecified atom stereocenters. The van der Waals surface area contributed by atoms with Crippen LogP contribution in [-0.2, 0) is 16.0 Å². The molecule has 13 nitrogen and oxygen atoms in total. The first-order valence-corrected chi connectivity index (χ1v) is 17.3. The molecule has 4 aromatic carbocycles. The number of carbonyl (C=O) groups is 3. The van der Waals surface area contributed by atoms with Crippen LogP contribution in [0.4, 0.5) is 0 Å². The fourth-order valence-corrected chi connectivity index (χ4v) is 6.22. The second kappa shape index (κ2) is 18.1. The summed E-state index contributed by atoms with van der Waals surface area (Å²) < 4.78 is 23.8. The molecular weight excluding hydrogens is 692 g/mol. The van der Waals surface area contributed by atoms with E-state index in [-0.39, 0.29) is 29.1 Å². The summed E-state index contributed by atoms with van der Waals surface area (Å²) in [5, 5.41) is 23.3. The molecule has 1 heterocycles. The van der Waals surface area contributed by atoms with Crippen LogP contribution in [0.5, 0.6) is 11.5 Å². The van der Waals surface area contributed by atoms with E-state index in [1.807, 2.05) is 65.2 Å². The Morgan fingerprint density at radius 1 is 0.778 bits per heavy atom. The second-order valence-electron chi connectivity index (χ2n) is 12.4. The molecular formula is C41H44N4O9. The lowest BCUT2D eigenvalue weighted by atomic mass is 9.92. The van der Waals surface area contributed by atoms with Crippen molar-refractivity contribution in [3.8, 4) is 45.4 Å². The van der Waals surface area contributed by atoms with E-state index < -0.39 is 11.9 Å². The lowest BCUT2D eigenvalue weighted by molar-refractivity contribution is 0.0511. The Morgan fingerprint density at radius 3 is 2.02 bits per heavy atom. The molecule has 54 heavy (non-hydrogen) atoms. The van der Waals surface area contributed by atoms with Gasteiger partial charge in [0.1, 0.15) is 17.3 Å². The summed E-state index contributed by atoms with van der Waals surface area (Å²) >= 11 is 0. The number of carboxylic acids is 2. The van der Waals surface area contributed by atoms with E-state index in [4.69, 9.17) is 29.7 Å². The van der Waals surface area contributed by atoms with Gasteiger partial charge in [-0.3, -0.25) is 4.79 Å². The summed E-state index contributed by atoms with van der Waals surface area (Å²) in [6, 6.07) is 23.5. The largest absolute Gasteiger partial charge is 0.497 e. The standard InChI is InChI=1S/C41H44N4O9/c1-25-33(23-34(40(47)48)26(2)35(25)41(49)50)38-44-36(29-7-5-9-31(21-29)51-3)37(30-8-6-10-32(22-30)52-4)45(38)24-27-11-13-28(14-12-27)39(46)43-16-18-54-20-19-53-17-15-42/h5-14,21-23H,15-20,24,42H2,1-4H3,(H,43,46)(H,47,48)(H,49,50). The quantitative estimate of drug-likeness (QED) is 0.0811. The number of carboxylic acid groups (broad SMARTS) is 2. The van der Waals surface area contributed by atoms with Gasteiger partial charge in [-0.1, -0.05) is 36.4 Å². The topological polar surface area (TPSA) is 184 Å². The van der Waals surface area contributed by atoms with Gasteiger partial charge < -0.3 is 44.8 Å². The van der Waals surface area contributed by atoms with Gasteiger partial charge in [0.25, 0.3) is 5.91 Å². The van der Waals surface area contributed by atoms with E-state index in [9.17, 15) is 24.6 Å². The van der Waals surface area contributed by atoms with Crippen LogP contribution < -0.4 is 20.5 Å². The smallest absolute Gasteiger partial charge is 0.336 e. The summed E-state index contributed by atoms with van der Waals surface area (Å²) in [6.45, 7) is 5.75. The maximum atomic E-state index is 12.9. The van der Waals surface area contributed by atoms with Crippen molar-refractivity contribution in [3.05, 3.63) is 112 Å². The predicted octanol–water partition coefficient (Wildman–Crippen LogP) is 5.68. The minimum absolute atomic E-state index is 0.106. The number of hydrogen-bond donors (Lipinski definition) is 4. The molecule has 0 saturated carbocycles. The molecule has 0 atom stereocenters. The molecule has 1 amide bonds. The number of aromatic carboxylic acids is 2. The first-order chi connectivity index (χ1) is 26.1. The van der Waals surface area contributed by atoms with Crippen LogP contribution in [0.3, 0.4) is 0 Å². The third-order valence-electron chi connectivity index (χ3n) is 8.91. The van der Waals surface area contributed by atoms with Crippen LogP contribution in [0.25, 0.3) is 33.9 Å². The van der Waals surface area contributed by atoms with E-state index in [1.165, 1.54) is 13.0 Å². The summed E-state index contributed by atoms with van der Waals surface area (Å²) in [5.74, 6) is -1.21. The predicted molar refractivity (Wildman–Crippen MR) is 204 cm³/mol. The summed E-state index contributed by atoms with van der Waals surface area (Å²) in [4.78, 5) is 43.1. The van der Waals surface area contributed by atoms with Gasteiger partial charge in [0.2, 0.25) is 0 Å². The Morgan fingerprint density at radius 2 is 1.41 bits per heavy atom. The average Bonchev–Trinajstić information content (AvgIpc) is 3.54. The molecule has 5 rings (SSSR count). The number of imidazole rings is 1. The van der Waals surface area contributed by atoms with Crippen LogP contribution in [0.1, 0.15) is 47.8 Å². The number of aromatic nitrogens is 2. The zero-order chi connectivity index (χ0) is 38.8. The number of benzene rings is 4. The van der Waals surface area contributed by atoms with Crippen molar-refractivity contribution in [1.29, 1.82) is 0 Å². The molecule has 5 N–H and O–H groups in total. The monoisotopic (exact) mass is 736 g/mol. The highest BCUT2D eigenvalue weighted by atomic mass is 16.5. The molecule has 0 fully saturated rings. The van der Waals surface area contributed by atoms with Crippen molar-refractivity contribution in [2.24, 2.45) is 5.73 Å². The fourth-order valence-electron chi connectivity index (χ4n) is 6.22. The molecule has 0 saturated heterocycles. The minimum atomic E-state index is -1.26. The van der Waals surface area contributed by atoms with Crippen molar-refractivity contribution >= 4 is 17.8 Å². The van der Waals surface area contributed by atoms with Crippen molar-refractivity contribution in [3.63, 3.8) is 0 Å². The van der Waals surface area contributed by atoms with Crippen molar-refractivity contribution < 1.29 is 43.5 Å². The zero-order valence-corrected chi connectivity index (χ0v) is 30.7. The molecule has 13 heteroatoms. The highest BCUT2D eigenvalue weighted by Crippen LogP contribution is 2.41. The number of nitrogens with one attached hydrogen (secondary N) is 1. The molecule has 5 aromatic rings. The fraction of sp³-hybridized carbons (Fsp3) is 0.268. The number of rotatable bonds is 18. The van der Waals surface area contributed by atoms with Crippen molar-refractivity contribution in [2.45, 2.75) is 20.4 Å². The van der Waals surface area contributed by atoms with Crippen LogP contribution in [0.15, 0.2) is 78.9 Å². The second-order valence-corrected chi connectivity index (χ2v) is 12.4. The first-order valence-electron chi connectivity index (χ1n) is 17.3. The van der Waals surface area contributed by atoms with E-state index >= 15 is 0 Å². The average molecular weight is 737 g/mol. The molecule has 0 spiro atoms. The SMILES string of the molecule is COc1cccc(-c2nc(-c3cc(C(=O)O)c(C)c(C(=O)O)c3C)n(Cc3ccc(C(=O)NCCOCCOCCN)cc3)c2-c2cccc(OC)c2)c1. The van der Waals surface area contributed by atoms with Gasteiger partial charge in [-0.15, -0.1) is 0 Å². The number of methoxy groups -OCH3 is 2. The molecule has 1 aromatic heterocycles. The van der Waals surface area contributed by atoms with E-state index in [0.29, 0.717) is 90.5 Å². The van der Waals surface area contributed by atoms with E-state index in [1.54, 1.807) is 33.3 Å². The van der Waals surface area contributed by atoms with Gasteiger partial charge in [-0.25, -0.2) is 14.6 Å². The Bertz CT molecular complexity index is 2130. The Labute approximate surface area is 313 Å². The lowest BCUT2D eigenvalue weighted by Crippen LogP contribution is -2.27. The van der Waals surface area contributed by atoms with Gasteiger partial charge in [0.15, 0.2) is 0 Å². The number of nitrogens with zero attached hydrogens (tertiary/aromatic N) is 2. The van der Waals surface area contributed by atoms with Gasteiger partial charge in [0.05, 0.1) is 63.2 Å². The van der Waals surface area contributed by atoms with Gasteiger partial charge >= 0.3 is 11.9 Å². The summed E-state index contributed by atoms with van der Waals surface area (Å²) in [5.41, 5.74) is 9.95. The maximum absolute atomic E-state index is 12.9. The first kappa shape index (κ1) is 39.2. The Hall–Kier alpha value is -6.02. The van der Waals surface area contributed by atoms with Crippen molar-refractivity contribution in [2.75, 3.05) is 53.7 Å². The zero-order valence-electron chi connectivity index (χ0n) is 30.7. The molecule has 0 radical (unpaired) electrons. The van der Waals surface area contributed by atoms with Crippen LogP contribution in [0.2, 0.25) is 0 Å². The molecule has 0 aliphatic rings. The van der Waals surface area contributed by atoms with Crippen LogP contribution >= 0.6 is 0 Å². The van der Waals surface area contributed by atoms with Crippen molar-refractivity contribution in [1.82, 2.24) is 14.9 Å². The third-order valence-corrected chi connectivity index (χ3v) is 8.91. The highest BCUT2D eigenvalue weighted by Gasteiger charge is 2.28. The molecule has 0 bridgehead atoms. The normalized spacial score (nSPS) is 11.0. The van der Waals surface area contributed by atoms with Crippen LogP contribution in [0, 0.1) is 13.8 Å². The maximum Gasteiger partial charge on any atom is 0.336 e. The summed E-state index contributed by atoms with van der Waals surface area (Å²) in [7, 11) is 3.15. The number of amides is 1. The number of hydrogen-bond acceptors (Lipinski definition) is 9. The number of nitrogens with two attached hydrogens (primary N) is 1. The Kier molecular flexibility index (Phi) is 13.2. The van der Waals surface area contributed by atoms with E-state index in [0.717, 1.165) is 11.1 Å².